The second kappa shape index (κ2) is 18.5. The minimum absolute atomic E-state index is 0. The van der Waals surface area contributed by atoms with Gasteiger partial charge in [-0.05, 0) is 168 Å². The second-order valence-corrected chi connectivity index (χ2v) is 19.4. The van der Waals surface area contributed by atoms with E-state index in [0.717, 1.165) is 77.6 Å². The molecular weight excluding hydrogens is 927 g/mol. The van der Waals surface area contributed by atoms with Crippen LogP contribution in [0.5, 0.6) is 0 Å². The third-order valence-electron chi connectivity index (χ3n) is 13.8. The van der Waals surface area contributed by atoms with Crippen LogP contribution in [-0.2, 0) is 9.31 Å². The van der Waals surface area contributed by atoms with Gasteiger partial charge in [0.05, 0.1) is 16.9 Å². The van der Waals surface area contributed by atoms with Gasteiger partial charge in [-0.25, -0.2) is 4.98 Å². The summed E-state index contributed by atoms with van der Waals surface area (Å²) in [4.78, 5) is 8.40. The third kappa shape index (κ3) is 8.22. The van der Waals surface area contributed by atoms with Gasteiger partial charge < -0.3 is 18.1 Å². The highest BCUT2D eigenvalue weighted by atomic mass is 79.9. The van der Waals surface area contributed by atoms with E-state index >= 15 is 0 Å². The van der Waals surface area contributed by atoms with E-state index in [1.54, 1.807) is 0 Å². The van der Waals surface area contributed by atoms with Crippen LogP contribution in [0.3, 0.4) is 0 Å². The fourth-order valence-electron chi connectivity index (χ4n) is 9.27. The number of aryl methyl sites for hydroxylation is 4. The maximum atomic E-state index is 7.23. The van der Waals surface area contributed by atoms with Gasteiger partial charge in [0.25, 0.3) is 0 Å². The minimum Gasteiger partial charge on any atom is -0.456 e. The lowest BCUT2D eigenvalue weighted by atomic mass is 9.78. The van der Waals surface area contributed by atoms with Crippen molar-refractivity contribution in [1.82, 2.24) is 9.97 Å². The maximum absolute atomic E-state index is 7.23. The van der Waals surface area contributed by atoms with Gasteiger partial charge in [-0.1, -0.05) is 118 Å². The van der Waals surface area contributed by atoms with E-state index < -0.39 is 32.0 Å². The van der Waals surface area contributed by atoms with E-state index in [1.807, 2.05) is 12.3 Å². The van der Waals surface area contributed by atoms with Crippen LogP contribution in [0.25, 0.3) is 98.2 Å². The van der Waals surface area contributed by atoms with Crippen LogP contribution < -0.4 is 5.46 Å². The molecule has 0 saturated carbocycles. The molecule has 5 heterocycles. The first-order chi connectivity index (χ1) is 35.2. The van der Waals surface area contributed by atoms with Gasteiger partial charge in [0.15, 0.2) is 0 Å². The molecule has 8 heteroatoms. The summed E-state index contributed by atoms with van der Waals surface area (Å²) < 4.78 is 69.3. The number of benzene rings is 8. The number of nitrogens with zero attached hydrogens (tertiary/aromatic N) is 2. The number of furan rings is 2. The van der Waals surface area contributed by atoms with E-state index in [-0.39, 0.29) is 26.0 Å². The lowest BCUT2D eigenvalue weighted by molar-refractivity contribution is 0.00578. The first-order valence-electron chi connectivity index (χ1n) is 25.7. The van der Waals surface area contributed by atoms with Crippen molar-refractivity contribution < 1.29 is 26.4 Å². The number of rotatable bonds is 2. The predicted octanol–water partition coefficient (Wildman–Crippen LogP) is 17.5. The van der Waals surface area contributed by atoms with Crippen molar-refractivity contribution in [2.45, 2.75) is 81.3 Å². The molecule has 1 aliphatic rings. The van der Waals surface area contributed by atoms with Crippen LogP contribution in [0.1, 0.15) is 73.0 Å². The average molecular weight is 992 g/mol. The lowest BCUT2D eigenvalue weighted by Gasteiger charge is -2.32. The fourth-order valence-corrected chi connectivity index (χ4v) is 9.60. The Hall–Kier alpha value is -6.84. The first-order valence-corrected chi connectivity index (χ1v) is 23.4. The normalized spacial score (nSPS) is 15.6. The molecule has 0 N–H and O–H groups in total. The van der Waals surface area contributed by atoms with Crippen LogP contribution in [0, 0.1) is 27.6 Å². The highest BCUT2D eigenvalue weighted by Crippen LogP contribution is 2.42. The first kappa shape index (κ1) is 41.0. The molecule has 350 valence electrons. The summed E-state index contributed by atoms with van der Waals surface area (Å²) in [6.07, 6.45) is 3.01. The molecule has 4 aromatic heterocycles. The van der Waals surface area contributed by atoms with Gasteiger partial charge in [-0.2, -0.15) is 0 Å². The molecule has 12 aromatic rings. The number of para-hydroxylation sites is 2. The Kier molecular flexibility index (Phi) is 10.8. The molecule has 8 aromatic carbocycles. The number of fused-ring (bicyclic) bond motifs is 14. The van der Waals surface area contributed by atoms with E-state index in [4.69, 9.17) is 26.4 Å². The van der Waals surface area contributed by atoms with Gasteiger partial charge in [0.1, 0.15) is 26.9 Å². The highest BCUT2D eigenvalue weighted by Gasteiger charge is 2.52. The van der Waals surface area contributed by atoms with Crippen molar-refractivity contribution in [2.75, 3.05) is 0 Å². The molecule has 0 aliphatic carbocycles. The molecule has 13 rings (SSSR count). The molecule has 0 radical (unpaired) electrons. The summed E-state index contributed by atoms with van der Waals surface area (Å²) in [5.74, 6) is 0. The average Bonchev–Trinajstić information content (AvgIpc) is 4.02. The van der Waals surface area contributed by atoms with Crippen molar-refractivity contribution in [3.63, 3.8) is 0 Å². The second-order valence-electron chi connectivity index (χ2n) is 18.6. The quantitative estimate of drug-likeness (QED) is 0.0976. The summed E-state index contributed by atoms with van der Waals surface area (Å²) in [5.41, 5.74) is 7.76. The Labute approximate surface area is 427 Å². The zero-order valence-electron chi connectivity index (χ0n) is 44.5. The summed E-state index contributed by atoms with van der Waals surface area (Å²) >= 11 is 3.01. The van der Waals surface area contributed by atoms with Crippen molar-refractivity contribution in [1.29, 1.82) is 0 Å². The van der Waals surface area contributed by atoms with Crippen LogP contribution in [0.2, 0.25) is 0 Å². The Balaban J connectivity index is 0.000000145. The van der Waals surface area contributed by atoms with Gasteiger partial charge in [-0.3, -0.25) is 4.98 Å². The Bertz CT molecular complexity index is 4190. The molecule has 1 saturated heterocycles. The predicted molar refractivity (Wildman–Crippen MR) is 301 cm³/mol. The van der Waals surface area contributed by atoms with E-state index in [2.05, 4.69) is 201 Å². The van der Waals surface area contributed by atoms with Crippen LogP contribution in [0.15, 0.2) is 171 Å². The van der Waals surface area contributed by atoms with Crippen molar-refractivity contribution >= 4 is 115 Å². The largest absolute Gasteiger partial charge is 0.498 e. The van der Waals surface area contributed by atoms with E-state index in [1.165, 1.54) is 49.5 Å². The topological polar surface area (TPSA) is 70.5 Å². The number of pyridine rings is 2. The molecule has 0 spiro atoms. The Morgan fingerprint density at radius 2 is 0.929 bits per heavy atom. The van der Waals surface area contributed by atoms with Gasteiger partial charge >= 0.3 is 7.12 Å². The zero-order chi connectivity index (χ0) is 52.1. The third-order valence-corrected chi connectivity index (χ3v) is 14.3. The summed E-state index contributed by atoms with van der Waals surface area (Å²) in [6, 6.07) is 50.3. The number of aromatic nitrogens is 2. The fraction of sp³-hybridized carbons (Fsp3) is 0.194. The standard InChI is InChI=1S/C27H19NO.C26H23BO3.C7H8BrN.2CH4/c1-16-14-25(28-15-17(16)2)24-9-5-8-21-23-13-12-20-19-7-4-3-6-18(19)10-11-22(20)26(23)29-27(21)24;1-25(2)26(3,4)30-27(29-25)22-11-7-10-19-21-15-14-18-17-9-6-5-8-16(17)12-13-20(18)23(21)28-24(19)22;1-5-3-7(8)9-4-6(5)2;;/h3-15H,1-2H3;5-15H,1-4H3;3-4H,1-2H3;2*1H4/i;;1D3,2D3;;. The lowest BCUT2D eigenvalue weighted by Crippen LogP contribution is -2.41. The molecule has 0 atom stereocenters. The number of halogens is 1. The SMILES string of the molecule is C.C.CC1(C)OB(c2cccc3c2oc2c3ccc3c4ccccc4ccc32)OC1(C)C.Cc1cnc(-c2cccc3c2oc2c3ccc3c4ccccc4ccc32)cc1C.[2H]C([2H])([2H])c1cnc(Br)cc1C([2H])([2H])[2H]. The monoisotopic (exact) mass is 990 g/mol. The number of hydrogen-bond acceptors (Lipinski definition) is 6. The highest BCUT2D eigenvalue weighted by molar-refractivity contribution is 9.10. The molecule has 1 aliphatic heterocycles. The van der Waals surface area contributed by atoms with Gasteiger partial charge in [0, 0.05) is 64.0 Å². The number of hydrogen-bond donors (Lipinski definition) is 0. The molecule has 6 nitrogen and oxygen atoms in total. The molecular formula is C62H58BBrN2O4. The molecule has 70 heavy (non-hydrogen) atoms. The zero-order valence-corrected chi connectivity index (χ0v) is 40.1. The van der Waals surface area contributed by atoms with E-state index in [0.29, 0.717) is 4.60 Å². The van der Waals surface area contributed by atoms with Crippen LogP contribution in [0.4, 0.5) is 0 Å². The molecule has 0 bridgehead atoms. The van der Waals surface area contributed by atoms with Crippen molar-refractivity contribution in [3.8, 4) is 11.3 Å². The summed E-state index contributed by atoms with van der Waals surface area (Å²) in [7, 11) is -0.452. The molecule has 0 unspecified atom stereocenters. The molecule has 1 fully saturated rings. The Morgan fingerprint density at radius 1 is 0.457 bits per heavy atom. The van der Waals surface area contributed by atoms with E-state index in [9.17, 15) is 0 Å². The van der Waals surface area contributed by atoms with Gasteiger partial charge in [-0.15, -0.1) is 0 Å². The minimum atomic E-state index is -2.46. The molecule has 0 amide bonds. The Morgan fingerprint density at radius 3 is 1.51 bits per heavy atom. The van der Waals surface area contributed by atoms with Crippen molar-refractivity contribution in [2.24, 2.45) is 0 Å². The van der Waals surface area contributed by atoms with Crippen LogP contribution >= 0.6 is 15.9 Å². The van der Waals surface area contributed by atoms with Crippen molar-refractivity contribution in [3.05, 3.63) is 185 Å². The maximum Gasteiger partial charge on any atom is 0.498 e. The smallest absolute Gasteiger partial charge is 0.456 e. The van der Waals surface area contributed by atoms with Gasteiger partial charge in [0.2, 0.25) is 0 Å². The summed E-state index contributed by atoms with van der Waals surface area (Å²) in [6.45, 7) is 7.60. The van der Waals surface area contributed by atoms with Crippen LogP contribution in [-0.4, -0.2) is 28.3 Å². The summed E-state index contributed by atoms with van der Waals surface area (Å²) in [5, 5.41) is 14.2.